The van der Waals surface area contributed by atoms with E-state index in [-0.39, 0.29) is 11.9 Å². The zero-order valence-corrected chi connectivity index (χ0v) is 16.4. The first kappa shape index (κ1) is 19.1. The number of amides is 1. The highest BCUT2D eigenvalue weighted by Crippen LogP contribution is 2.25. The van der Waals surface area contributed by atoms with Crippen molar-refractivity contribution < 1.29 is 9.53 Å². The van der Waals surface area contributed by atoms with Crippen LogP contribution >= 0.6 is 22.9 Å². The normalized spacial score (nSPS) is 20.0. The monoisotopic (exact) mass is 393 g/mol. The molecule has 5 nitrogen and oxygen atoms in total. The van der Waals surface area contributed by atoms with Gasteiger partial charge in [-0.15, -0.1) is 11.3 Å². The summed E-state index contributed by atoms with van der Waals surface area (Å²) in [5.41, 5.74) is 6.60. The highest BCUT2D eigenvalue weighted by molar-refractivity contribution is 7.13. The summed E-state index contributed by atoms with van der Waals surface area (Å²) in [7, 11) is 0. The predicted molar refractivity (Wildman–Crippen MR) is 105 cm³/mol. The second-order valence-electron chi connectivity index (χ2n) is 6.62. The third-order valence-corrected chi connectivity index (χ3v) is 6.13. The maximum atomic E-state index is 12.7. The lowest BCUT2D eigenvalue weighted by atomic mass is 9.84. The maximum absolute atomic E-state index is 12.7. The zero-order valence-electron chi connectivity index (χ0n) is 14.8. The second kappa shape index (κ2) is 8.84. The minimum Gasteiger partial charge on any atom is -0.486 e. The van der Waals surface area contributed by atoms with Crippen molar-refractivity contribution in [1.29, 1.82) is 0 Å². The maximum Gasteiger partial charge on any atom is 0.263 e. The van der Waals surface area contributed by atoms with Crippen LogP contribution in [0.25, 0.3) is 0 Å². The zero-order chi connectivity index (χ0) is 18.5. The Balaban J connectivity index is 1.61. The van der Waals surface area contributed by atoms with Crippen LogP contribution < -0.4 is 15.8 Å². The van der Waals surface area contributed by atoms with Crippen LogP contribution in [-0.2, 0) is 6.61 Å². The van der Waals surface area contributed by atoms with Crippen LogP contribution in [0.4, 0.5) is 0 Å². The van der Waals surface area contributed by atoms with E-state index in [9.17, 15) is 4.79 Å². The van der Waals surface area contributed by atoms with E-state index < -0.39 is 0 Å². The summed E-state index contributed by atoms with van der Waals surface area (Å²) >= 11 is 7.25. The van der Waals surface area contributed by atoms with Gasteiger partial charge in [-0.2, -0.15) is 0 Å². The molecule has 1 aliphatic rings. The largest absolute Gasteiger partial charge is 0.486 e. The number of halogens is 1. The van der Waals surface area contributed by atoms with Gasteiger partial charge in [-0.05, 0) is 56.5 Å². The number of nitrogens with zero attached hydrogens (tertiary/aromatic N) is 1. The average molecular weight is 394 g/mol. The summed E-state index contributed by atoms with van der Waals surface area (Å²) < 4.78 is 5.72. The molecule has 140 valence electrons. The van der Waals surface area contributed by atoms with Gasteiger partial charge in [-0.1, -0.05) is 24.4 Å². The molecule has 1 saturated carbocycles. The Kier molecular flexibility index (Phi) is 6.51. The van der Waals surface area contributed by atoms with Crippen molar-refractivity contribution in [2.75, 3.05) is 6.54 Å². The quantitative estimate of drug-likeness (QED) is 0.779. The fraction of sp³-hybridized carbons (Fsp3) is 0.474. The minimum atomic E-state index is -0.0527. The van der Waals surface area contributed by atoms with E-state index in [0.29, 0.717) is 29.0 Å². The summed E-state index contributed by atoms with van der Waals surface area (Å²) in [6.07, 6.45) is 4.42. The van der Waals surface area contributed by atoms with Crippen molar-refractivity contribution in [3.63, 3.8) is 0 Å². The van der Waals surface area contributed by atoms with Crippen molar-refractivity contribution in [2.24, 2.45) is 11.7 Å². The fourth-order valence-corrected chi connectivity index (χ4v) is 4.32. The summed E-state index contributed by atoms with van der Waals surface area (Å²) in [5.74, 6) is 1.04. The molecule has 2 aromatic rings. The molecule has 7 heteroatoms. The van der Waals surface area contributed by atoms with Crippen molar-refractivity contribution >= 4 is 28.8 Å². The highest BCUT2D eigenvalue weighted by Gasteiger charge is 2.27. The van der Waals surface area contributed by atoms with Crippen LogP contribution in [0.3, 0.4) is 0 Å². The van der Waals surface area contributed by atoms with Gasteiger partial charge in [0.25, 0.3) is 5.91 Å². The smallest absolute Gasteiger partial charge is 0.263 e. The summed E-state index contributed by atoms with van der Waals surface area (Å²) in [6, 6.07) is 7.34. The van der Waals surface area contributed by atoms with Gasteiger partial charge in [0.1, 0.15) is 22.2 Å². The number of benzene rings is 1. The Morgan fingerprint density at radius 1 is 1.35 bits per heavy atom. The van der Waals surface area contributed by atoms with Gasteiger partial charge in [-0.25, -0.2) is 4.98 Å². The van der Waals surface area contributed by atoms with Crippen molar-refractivity contribution in [2.45, 2.75) is 45.3 Å². The SMILES string of the molecule is Cc1nc(COc2ccc(Cl)cc2)sc1C(=O)NC1CCCCC1CN. The van der Waals surface area contributed by atoms with E-state index >= 15 is 0 Å². The molecule has 3 N–H and O–H groups in total. The average Bonchev–Trinajstić information content (AvgIpc) is 3.02. The Morgan fingerprint density at radius 2 is 2.08 bits per heavy atom. The molecule has 0 aliphatic heterocycles. The predicted octanol–water partition coefficient (Wildman–Crippen LogP) is 3.93. The Bertz CT molecular complexity index is 748. The van der Waals surface area contributed by atoms with Gasteiger partial charge in [0.2, 0.25) is 0 Å². The third-order valence-electron chi connectivity index (χ3n) is 4.75. The van der Waals surface area contributed by atoms with E-state index in [4.69, 9.17) is 22.1 Å². The first-order valence-corrected chi connectivity index (χ1v) is 10.1. The van der Waals surface area contributed by atoms with Gasteiger partial charge < -0.3 is 15.8 Å². The molecule has 1 aromatic carbocycles. The first-order chi connectivity index (χ1) is 12.6. The number of nitrogens with one attached hydrogen (secondary N) is 1. The van der Waals surface area contributed by atoms with Gasteiger partial charge in [-0.3, -0.25) is 4.79 Å². The summed E-state index contributed by atoms with van der Waals surface area (Å²) in [4.78, 5) is 17.8. The van der Waals surface area contributed by atoms with E-state index in [1.165, 1.54) is 17.8 Å². The highest BCUT2D eigenvalue weighted by atomic mass is 35.5. The van der Waals surface area contributed by atoms with Crippen LogP contribution in [0.1, 0.15) is 46.1 Å². The number of hydrogen-bond donors (Lipinski definition) is 2. The molecule has 0 bridgehead atoms. The lowest BCUT2D eigenvalue weighted by Crippen LogP contribution is -2.44. The molecule has 2 atom stereocenters. The molecular weight excluding hydrogens is 370 g/mol. The number of aromatic nitrogens is 1. The van der Waals surface area contributed by atoms with Crippen LogP contribution in [0, 0.1) is 12.8 Å². The first-order valence-electron chi connectivity index (χ1n) is 8.92. The number of aryl methyl sites for hydroxylation is 1. The number of rotatable bonds is 6. The van der Waals surface area contributed by atoms with E-state index in [2.05, 4.69) is 10.3 Å². The van der Waals surface area contributed by atoms with E-state index in [0.717, 1.165) is 35.7 Å². The van der Waals surface area contributed by atoms with Gasteiger partial charge in [0, 0.05) is 11.1 Å². The molecule has 1 aromatic heterocycles. The molecule has 0 saturated heterocycles. The molecule has 0 radical (unpaired) electrons. The van der Waals surface area contributed by atoms with Crippen molar-refractivity contribution in [3.05, 3.63) is 44.9 Å². The molecular formula is C19H24ClN3O2S. The number of nitrogens with two attached hydrogens (primary N) is 1. The number of carbonyl (C=O) groups is 1. The number of ether oxygens (including phenoxy) is 1. The van der Waals surface area contributed by atoms with Crippen molar-refractivity contribution in [3.8, 4) is 5.75 Å². The van der Waals surface area contributed by atoms with Gasteiger partial charge in [0.05, 0.1) is 5.69 Å². The van der Waals surface area contributed by atoms with Gasteiger partial charge >= 0.3 is 0 Å². The second-order valence-corrected chi connectivity index (χ2v) is 8.14. The molecule has 1 fully saturated rings. The lowest BCUT2D eigenvalue weighted by Gasteiger charge is -2.31. The molecule has 2 unspecified atom stereocenters. The Hall–Kier alpha value is -1.63. The van der Waals surface area contributed by atoms with Crippen LogP contribution in [0.15, 0.2) is 24.3 Å². The molecule has 1 aliphatic carbocycles. The third kappa shape index (κ3) is 4.75. The molecule has 1 heterocycles. The van der Waals surface area contributed by atoms with Crippen LogP contribution in [-0.4, -0.2) is 23.5 Å². The minimum absolute atomic E-state index is 0.0527. The Morgan fingerprint density at radius 3 is 2.81 bits per heavy atom. The number of carbonyl (C=O) groups excluding carboxylic acids is 1. The summed E-state index contributed by atoms with van der Waals surface area (Å²) in [6.45, 7) is 2.81. The topological polar surface area (TPSA) is 77.2 Å². The van der Waals surface area contributed by atoms with Crippen molar-refractivity contribution in [1.82, 2.24) is 10.3 Å². The van der Waals surface area contributed by atoms with E-state index in [1.807, 2.05) is 19.1 Å². The van der Waals surface area contributed by atoms with Crippen LogP contribution in [0.5, 0.6) is 5.75 Å². The number of thiazole rings is 1. The molecule has 1 amide bonds. The lowest BCUT2D eigenvalue weighted by molar-refractivity contribution is 0.0911. The molecule has 26 heavy (non-hydrogen) atoms. The summed E-state index contributed by atoms with van der Waals surface area (Å²) in [5, 5.41) is 4.61. The Labute approximate surface area is 162 Å². The fourth-order valence-electron chi connectivity index (χ4n) is 3.31. The van der Waals surface area contributed by atoms with Crippen LogP contribution in [0.2, 0.25) is 5.02 Å². The van der Waals surface area contributed by atoms with E-state index in [1.54, 1.807) is 12.1 Å². The van der Waals surface area contributed by atoms with Gasteiger partial charge in [0.15, 0.2) is 0 Å². The molecule has 3 rings (SSSR count). The standard InChI is InChI=1S/C19H24ClN3O2S/c1-12-18(19(24)23-16-5-3-2-4-13(16)10-21)26-17(22-12)11-25-15-8-6-14(20)7-9-15/h6-9,13,16H,2-5,10-11,21H2,1H3,(H,23,24). The molecule has 0 spiro atoms. The number of hydrogen-bond acceptors (Lipinski definition) is 5.